The van der Waals surface area contributed by atoms with Crippen molar-refractivity contribution in [3.63, 3.8) is 0 Å². The maximum absolute atomic E-state index is 10.6. The predicted octanol–water partition coefficient (Wildman–Crippen LogP) is 1.73. The summed E-state index contributed by atoms with van der Waals surface area (Å²) in [4.78, 5) is 10.00. The molecule has 102 valence electrons. The van der Waals surface area contributed by atoms with Crippen molar-refractivity contribution >= 4 is 21.7 Å². The molecule has 8 heteroatoms. The number of hydrogen-bond acceptors (Lipinski definition) is 5. The van der Waals surface area contributed by atoms with Crippen LogP contribution in [0.3, 0.4) is 0 Å². The Labute approximate surface area is 113 Å². The second kappa shape index (κ2) is 7.45. The first-order chi connectivity index (χ1) is 8.54. The number of hydrogen-bond donors (Lipinski definition) is 1. The molecule has 0 saturated carbocycles. The van der Waals surface area contributed by atoms with Crippen LogP contribution in [0.1, 0.15) is 19.8 Å². The molecule has 0 radical (unpaired) electrons. The highest BCUT2D eigenvalue weighted by molar-refractivity contribution is 9.10. The summed E-state index contributed by atoms with van der Waals surface area (Å²) < 4.78 is 6.88. The lowest BCUT2D eigenvalue weighted by molar-refractivity contribution is -0.390. The average molecular weight is 322 g/mol. The zero-order valence-corrected chi connectivity index (χ0v) is 11.7. The van der Waals surface area contributed by atoms with Gasteiger partial charge >= 0.3 is 5.82 Å². The van der Waals surface area contributed by atoms with Gasteiger partial charge in [0.2, 0.25) is 0 Å². The Morgan fingerprint density at radius 3 is 3.00 bits per heavy atom. The minimum Gasteiger partial charge on any atom is -0.389 e. The van der Waals surface area contributed by atoms with Crippen molar-refractivity contribution in [1.29, 1.82) is 0 Å². The van der Waals surface area contributed by atoms with E-state index in [-0.39, 0.29) is 19.0 Å². The lowest BCUT2D eigenvalue weighted by Gasteiger charge is -2.09. The van der Waals surface area contributed by atoms with E-state index >= 15 is 0 Å². The van der Waals surface area contributed by atoms with Crippen LogP contribution in [0.25, 0.3) is 0 Å². The van der Waals surface area contributed by atoms with Crippen LogP contribution in [0.2, 0.25) is 0 Å². The molecular weight excluding hydrogens is 306 g/mol. The molecule has 1 unspecified atom stereocenters. The van der Waals surface area contributed by atoms with Crippen LogP contribution >= 0.6 is 15.9 Å². The second-order valence-corrected chi connectivity index (χ2v) is 4.72. The smallest absolute Gasteiger partial charge is 0.389 e. The van der Waals surface area contributed by atoms with Crippen molar-refractivity contribution in [2.75, 3.05) is 13.2 Å². The monoisotopic (exact) mass is 321 g/mol. The fourth-order valence-corrected chi connectivity index (χ4v) is 1.80. The molecule has 0 aliphatic rings. The van der Waals surface area contributed by atoms with Crippen LogP contribution in [-0.4, -0.2) is 39.1 Å². The lowest BCUT2D eigenvalue weighted by Crippen LogP contribution is -2.22. The van der Waals surface area contributed by atoms with Crippen LogP contribution in [0.5, 0.6) is 0 Å². The summed E-state index contributed by atoms with van der Waals surface area (Å²) in [6.07, 6.45) is 2.72. The maximum Gasteiger partial charge on any atom is 0.404 e. The molecule has 0 bridgehead atoms. The van der Waals surface area contributed by atoms with E-state index in [2.05, 4.69) is 28.0 Å². The molecule has 0 aliphatic carbocycles. The molecule has 0 spiro atoms. The summed E-state index contributed by atoms with van der Waals surface area (Å²) in [5, 5.41) is 24.0. The van der Waals surface area contributed by atoms with Gasteiger partial charge in [0.1, 0.15) is 4.47 Å². The number of rotatable bonds is 8. The highest BCUT2D eigenvalue weighted by Gasteiger charge is 2.19. The summed E-state index contributed by atoms with van der Waals surface area (Å²) in [5.74, 6) is -0.255. The molecule has 0 aromatic carbocycles. The van der Waals surface area contributed by atoms with E-state index in [4.69, 9.17) is 4.74 Å². The predicted molar refractivity (Wildman–Crippen MR) is 68.3 cm³/mol. The van der Waals surface area contributed by atoms with Gasteiger partial charge in [-0.05, 0) is 27.3 Å². The Kier molecular flexibility index (Phi) is 6.23. The molecular formula is C10H16BrN3O4. The van der Waals surface area contributed by atoms with E-state index in [1.807, 2.05) is 0 Å². The van der Waals surface area contributed by atoms with Gasteiger partial charge in [0, 0.05) is 6.61 Å². The van der Waals surface area contributed by atoms with Crippen molar-refractivity contribution in [3.8, 4) is 0 Å². The number of aliphatic hydroxyl groups excluding tert-OH is 1. The van der Waals surface area contributed by atoms with E-state index < -0.39 is 11.0 Å². The van der Waals surface area contributed by atoms with Crippen LogP contribution in [0.4, 0.5) is 5.82 Å². The second-order valence-electron chi connectivity index (χ2n) is 3.86. The van der Waals surface area contributed by atoms with Gasteiger partial charge in [-0.1, -0.05) is 13.3 Å². The first kappa shape index (κ1) is 15.1. The third kappa shape index (κ3) is 4.71. The van der Waals surface area contributed by atoms with E-state index in [0.29, 0.717) is 11.1 Å². The van der Waals surface area contributed by atoms with Crippen molar-refractivity contribution in [2.45, 2.75) is 32.4 Å². The number of nitro groups is 1. The van der Waals surface area contributed by atoms with Crippen molar-refractivity contribution in [2.24, 2.45) is 0 Å². The molecule has 1 N–H and O–H groups in total. The maximum atomic E-state index is 10.6. The van der Waals surface area contributed by atoms with Crippen molar-refractivity contribution < 1.29 is 14.8 Å². The summed E-state index contributed by atoms with van der Waals surface area (Å²) in [7, 11) is 0. The number of halogens is 1. The zero-order valence-electron chi connectivity index (χ0n) is 10.1. The minimum absolute atomic E-state index is 0.165. The standard InChI is InChI=1S/C10H16BrN3O4/c1-2-3-4-18-7-8(15)5-13-6-9(11)10(12-13)14(16)17/h6,8,15H,2-5,7H2,1H3. The summed E-state index contributed by atoms with van der Waals surface area (Å²) in [5.41, 5.74) is 0. The normalized spacial score (nSPS) is 12.6. The van der Waals surface area contributed by atoms with Crippen LogP contribution in [0.15, 0.2) is 10.7 Å². The fourth-order valence-electron chi connectivity index (χ4n) is 1.34. The van der Waals surface area contributed by atoms with E-state index in [9.17, 15) is 15.2 Å². The highest BCUT2D eigenvalue weighted by Crippen LogP contribution is 2.22. The number of aromatic nitrogens is 2. The van der Waals surface area contributed by atoms with E-state index in [1.165, 1.54) is 10.9 Å². The first-order valence-electron chi connectivity index (χ1n) is 5.67. The van der Waals surface area contributed by atoms with Crippen LogP contribution in [0, 0.1) is 10.1 Å². The third-order valence-electron chi connectivity index (χ3n) is 2.22. The van der Waals surface area contributed by atoms with Gasteiger partial charge < -0.3 is 20.0 Å². The molecule has 0 saturated heterocycles. The quantitative estimate of drug-likeness (QED) is 0.447. The summed E-state index contributed by atoms with van der Waals surface area (Å²) in [6, 6.07) is 0. The number of unbranched alkanes of at least 4 members (excludes halogenated alkanes) is 1. The first-order valence-corrected chi connectivity index (χ1v) is 6.47. The van der Waals surface area contributed by atoms with E-state index in [0.717, 1.165) is 12.8 Å². The number of ether oxygens (including phenoxy) is 1. The fraction of sp³-hybridized carbons (Fsp3) is 0.700. The highest BCUT2D eigenvalue weighted by atomic mass is 79.9. The van der Waals surface area contributed by atoms with Crippen molar-refractivity contribution in [1.82, 2.24) is 9.78 Å². The molecule has 1 aromatic rings. The molecule has 1 atom stereocenters. The van der Waals surface area contributed by atoms with Crippen molar-refractivity contribution in [3.05, 3.63) is 20.8 Å². The SMILES string of the molecule is CCCCOCC(O)Cn1cc(Br)c([N+](=O)[O-])n1. The van der Waals surface area contributed by atoms with Gasteiger partial charge in [-0.25, -0.2) is 0 Å². The molecule has 0 amide bonds. The average Bonchev–Trinajstić information content (AvgIpc) is 2.66. The molecule has 0 fully saturated rings. The molecule has 1 rings (SSSR count). The molecule has 0 aliphatic heterocycles. The zero-order chi connectivity index (χ0) is 13.5. The number of nitrogens with zero attached hydrogens (tertiary/aromatic N) is 3. The Bertz CT molecular complexity index is 396. The Morgan fingerprint density at radius 1 is 1.72 bits per heavy atom. The molecule has 7 nitrogen and oxygen atoms in total. The summed E-state index contributed by atoms with van der Waals surface area (Å²) >= 11 is 3.04. The Morgan fingerprint density at radius 2 is 2.44 bits per heavy atom. The molecule has 1 aromatic heterocycles. The van der Waals surface area contributed by atoms with Gasteiger partial charge in [-0.15, -0.1) is 0 Å². The Balaban J connectivity index is 2.42. The third-order valence-corrected chi connectivity index (χ3v) is 2.78. The largest absolute Gasteiger partial charge is 0.404 e. The molecule has 18 heavy (non-hydrogen) atoms. The van der Waals surface area contributed by atoms with Gasteiger partial charge in [0.15, 0.2) is 0 Å². The van der Waals surface area contributed by atoms with E-state index in [1.54, 1.807) is 0 Å². The Hall–Kier alpha value is -0.990. The number of aliphatic hydroxyl groups is 1. The van der Waals surface area contributed by atoms with Crippen LogP contribution < -0.4 is 0 Å². The van der Waals surface area contributed by atoms with Gasteiger partial charge in [-0.2, -0.15) is 4.68 Å². The summed E-state index contributed by atoms with van der Waals surface area (Å²) in [6.45, 7) is 3.03. The van der Waals surface area contributed by atoms with Gasteiger partial charge in [-0.3, -0.25) is 0 Å². The topological polar surface area (TPSA) is 90.4 Å². The molecule has 1 heterocycles. The minimum atomic E-state index is -0.728. The van der Waals surface area contributed by atoms with Gasteiger partial charge in [0.05, 0.1) is 30.6 Å². The lowest BCUT2D eigenvalue weighted by atomic mass is 10.3. The van der Waals surface area contributed by atoms with Crippen LogP contribution in [-0.2, 0) is 11.3 Å². The van der Waals surface area contributed by atoms with Gasteiger partial charge in [0.25, 0.3) is 0 Å².